The van der Waals surface area contributed by atoms with E-state index in [1.54, 1.807) is 5.57 Å². The Morgan fingerprint density at radius 1 is 1.10 bits per heavy atom. The third kappa shape index (κ3) is 3.74. The van der Waals surface area contributed by atoms with Crippen molar-refractivity contribution in [3.05, 3.63) is 11.1 Å². The van der Waals surface area contributed by atoms with Crippen molar-refractivity contribution in [1.29, 1.82) is 0 Å². The molecule has 0 radical (unpaired) electrons. The van der Waals surface area contributed by atoms with Crippen LogP contribution in [0.3, 0.4) is 0 Å². The minimum Gasteiger partial charge on any atom is -0.393 e. The second-order valence-corrected chi connectivity index (χ2v) is 12.8. The van der Waals surface area contributed by atoms with Gasteiger partial charge in [-0.1, -0.05) is 44.8 Å². The van der Waals surface area contributed by atoms with Gasteiger partial charge in [-0.15, -0.1) is 0 Å². The molecule has 4 heteroatoms. The van der Waals surface area contributed by atoms with Crippen LogP contribution in [0.4, 0.5) is 0 Å². The van der Waals surface area contributed by atoms with Crippen molar-refractivity contribution in [1.82, 2.24) is 0 Å². The predicted molar refractivity (Wildman–Crippen MR) is 123 cm³/mol. The summed E-state index contributed by atoms with van der Waals surface area (Å²) < 4.78 is 0. The summed E-state index contributed by atoms with van der Waals surface area (Å²) in [6, 6.07) is 0. The Labute approximate surface area is 189 Å². The number of rotatable bonds is 5. The molecule has 0 aromatic carbocycles. The highest BCUT2D eigenvalue weighted by atomic mass is 16.3. The third-order valence-electron chi connectivity index (χ3n) is 10.4. The first kappa shape index (κ1) is 23.7. The fraction of sp³-hybridized carbons (Fsp3) is 0.926. The SMILES string of the molecule is CC(CCCC(C)(C)O)[C@H]1CCC2=C3C[C@H](O)[C@@]4(O)C[C@@H](O)CC[C@]4(C)C3CC[C@@]21C. The standard InChI is InChI=1S/C27H46O4/c1-17(7-6-12-24(2,3)30)20-8-9-21-19-15-23(29)27(31)16-18(28)10-14-26(27,5)22(19)11-13-25(20,21)4/h17-18,20,22-23,28-31H,6-16H2,1-5H3/t17?,18-,20+,22?,23-,25+,26+,27-/m0/s1. The highest BCUT2D eigenvalue weighted by molar-refractivity contribution is 5.37. The molecule has 0 aliphatic heterocycles. The van der Waals surface area contributed by atoms with Gasteiger partial charge in [0.05, 0.1) is 23.4 Å². The largest absolute Gasteiger partial charge is 0.393 e. The lowest BCUT2D eigenvalue weighted by atomic mass is 9.46. The molecule has 0 heterocycles. The second kappa shape index (κ2) is 7.82. The number of allylic oxidation sites excluding steroid dienone is 1. The monoisotopic (exact) mass is 434 g/mol. The van der Waals surface area contributed by atoms with Crippen molar-refractivity contribution in [2.75, 3.05) is 0 Å². The molecule has 31 heavy (non-hydrogen) atoms. The second-order valence-electron chi connectivity index (χ2n) is 12.8. The minimum atomic E-state index is -1.17. The highest BCUT2D eigenvalue weighted by Crippen LogP contribution is 2.66. The van der Waals surface area contributed by atoms with E-state index in [-0.39, 0.29) is 10.8 Å². The number of hydrogen-bond donors (Lipinski definition) is 4. The van der Waals surface area contributed by atoms with Gasteiger partial charge < -0.3 is 20.4 Å². The molecular formula is C27H46O4. The maximum absolute atomic E-state index is 11.6. The molecule has 0 bridgehead atoms. The molecule has 0 amide bonds. The Bertz CT molecular complexity index is 723. The van der Waals surface area contributed by atoms with E-state index in [0.717, 1.165) is 44.9 Å². The average Bonchev–Trinajstić information content (AvgIpc) is 3.01. The van der Waals surface area contributed by atoms with Gasteiger partial charge in [0.15, 0.2) is 0 Å². The number of aliphatic hydroxyl groups excluding tert-OH is 2. The summed E-state index contributed by atoms with van der Waals surface area (Å²) >= 11 is 0. The topological polar surface area (TPSA) is 80.9 Å². The maximum Gasteiger partial charge on any atom is 0.0991 e. The minimum absolute atomic E-state index is 0.208. The van der Waals surface area contributed by atoms with Crippen LogP contribution in [0, 0.1) is 28.6 Å². The Hall–Kier alpha value is -0.420. The van der Waals surface area contributed by atoms with Gasteiger partial charge in [-0.3, -0.25) is 0 Å². The summed E-state index contributed by atoms with van der Waals surface area (Å²) in [6.45, 7) is 10.9. The molecule has 3 fully saturated rings. The molecule has 3 saturated carbocycles. The Kier molecular flexibility index (Phi) is 5.99. The molecule has 4 aliphatic rings. The third-order valence-corrected chi connectivity index (χ3v) is 10.4. The molecule has 4 rings (SSSR count). The average molecular weight is 435 g/mol. The van der Waals surface area contributed by atoms with Crippen LogP contribution in [0.2, 0.25) is 0 Å². The van der Waals surface area contributed by atoms with Gasteiger partial charge in [-0.2, -0.15) is 0 Å². The van der Waals surface area contributed by atoms with Crippen molar-refractivity contribution in [3.8, 4) is 0 Å². The molecule has 0 aromatic heterocycles. The van der Waals surface area contributed by atoms with Crippen molar-refractivity contribution in [3.63, 3.8) is 0 Å². The first-order valence-electron chi connectivity index (χ1n) is 12.8. The van der Waals surface area contributed by atoms with Crippen molar-refractivity contribution in [2.24, 2.45) is 28.6 Å². The molecule has 178 valence electrons. The van der Waals surface area contributed by atoms with E-state index in [4.69, 9.17) is 0 Å². The van der Waals surface area contributed by atoms with Gasteiger partial charge in [0.25, 0.3) is 0 Å². The van der Waals surface area contributed by atoms with Gasteiger partial charge in [0, 0.05) is 11.8 Å². The fourth-order valence-corrected chi connectivity index (χ4v) is 8.51. The first-order chi connectivity index (χ1) is 14.3. The van der Waals surface area contributed by atoms with Crippen LogP contribution in [-0.4, -0.2) is 43.8 Å². The van der Waals surface area contributed by atoms with Gasteiger partial charge in [0.2, 0.25) is 0 Å². The summed E-state index contributed by atoms with van der Waals surface area (Å²) in [5.41, 5.74) is 1.16. The Morgan fingerprint density at radius 2 is 1.81 bits per heavy atom. The van der Waals surface area contributed by atoms with E-state index in [0.29, 0.717) is 30.6 Å². The van der Waals surface area contributed by atoms with Crippen LogP contribution >= 0.6 is 0 Å². The Morgan fingerprint density at radius 3 is 2.48 bits per heavy atom. The van der Waals surface area contributed by atoms with E-state index in [2.05, 4.69) is 20.8 Å². The van der Waals surface area contributed by atoms with E-state index >= 15 is 0 Å². The summed E-state index contributed by atoms with van der Waals surface area (Å²) in [7, 11) is 0. The zero-order chi connectivity index (χ0) is 22.8. The number of hydrogen-bond acceptors (Lipinski definition) is 4. The van der Waals surface area contributed by atoms with Crippen LogP contribution in [0.25, 0.3) is 0 Å². The van der Waals surface area contributed by atoms with Crippen LogP contribution < -0.4 is 0 Å². The smallest absolute Gasteiger partial charge is 0.0991 e. The Balaban J connectivity index is 1.59. The predicted octanol–water partition coefficient (Wildman–Crippen LogP) is 4.73. The van der Waals surface area contributed by atoms with Crippen LogP contribution in [0.5, 0.6) is 0 Å². The van der Waals surface area contributed by atoms with E-state index in [1.807, 2.05) is 13.8 Å². The molecule has 2 unspecified atom stereocenters. The van der Waals surface area contributed by atoms with E-state index < -0.39 is 23.4 Å². The fourth-order valence-electron chi connectivity index (χ4n) is 8.51. The molecule has 0 spiro atoms. The molecule has 0 aromatic rings. The van der Waals surface area contributed by atoms with Crippen molar-refractivity contribution < 1.29 is 20.4 Å². The summed E-state index contributed by atoms with van der Waals surface area (Å²) in [5, 5.41) is 43.0. The molecule has 4 aliphatic carbocycles. The summed E-state index contributed by atoms with van der Waals surface area (Å²) in [6.07, 6.45) is 8.81. The lowest BCUT2D eigenvalue weighted by molar-refractivity contribution is -0.225. The molecule has 0 saturated heterocycles. The molecule has 8 atom stereocenters. The maximum atomic E-state index is 11.6. The zero-order valence-corrected chi connectivity index (χ0v) is 20.5. The van der Waals surface area contributed by atoms with Crippen LogP contribution in [0.15, 0.2) is 11.1 Å². The number of aliphatic hydroxyl groups is 4. The summed E-state index contributed by atoms with van der Waals surface area (Å²) in [4.78, 5) is 0. The lowest BCUT2D eigenvalue weighted by Gasteiger charge is -2.62. The van der Waals surface area contributed by atoms with E-state index in [1.165, 1.54) is 18.4 Å². The van der Waals surface area contributed by atoms with Gasteiger partial charge >= 0.3 is 0 Å². The lowest BCUT2D eigenvalue weighted by Crippen LogP contribution is -2.66. The number of fused-ring (bicyclic) bond motifs is 4. The van der Waals surface area contributed by atoms with Gasteiger partial charge in [-0.25, -0.2) is 0 Å². The van der Waals surface area contributed by atoms with Crippen molar-refractivity contribution in [2.45, 2.75) is 129 Å². The first-order valence-corrected chi connectivity index (χ1v) is 12.8. The van der Waals surface area contributed by atoms with Gasteiger partial charge in [-0.05, 0) is 88.4 Å². The van der Waals surface area contributed by atoms with Crippen molar-refractivity contribution >= 4 is 0 Å². The molecular weight excluding hydrogens is 388 g/mol. The quantitative estimate of drug-likeness (QED) is 0.472. The van der Waals surface area contributed by atoms with Crippen LogP contribution in [0.1, 0.15) is 105 Å². The van der Waals surface area contributed by atoms with Gasteiger partial charge in [0.1, 0.15) is 0 Å². The zero-order valence-electron chi connectivity index (χ0n) is 20.5. The van der Waals surface area contributed by atoms with Crippen LogP contribution in [-0.2, 0) is 0 Å². The normalized spacial score (nSPS) is 46.4. The highest BCUT2D eigenvalue weighted by Gasteiger charge is 2.64. The molecule has 4 nitrogen and oxygen atoms in total. The van der Waals surface area contributed by atoms with E-state index in [9.17, 15) is 20.4 Å². The summed E-state index contributed by atoms with van der Waals surface area (Å²) in [5.74, 6) is 1.63. The molecule has 4 N–H and O–H groups in total.